The summed E-state index contributed by atoms with van der Waals surface area (Å²) in [4.78, 5) is 15.2. The Morgan fingerprint density at radius 3 is 2.60 bits per heavy atom. The fraction of sp³-hybridized carbons (Fsp3) is 0.600. The summed E-state index contributed by atoms with van der Waals surface area (Å²) in [7, 11) is 0. The average molecular weight is 277 g/mol. The highest BCUT2D eigenvalue weighted by atomic mass is 16.6. The van der Waals surface area contributed by atoms with Crippen molar-refractivity contribution >= 4 is 11.4 Å². The predicted molar refractivity (Wildman–Crippen MR) is 81.3 cm³/mol. The van der Waals surface area contributed by atoms with Crippen LogP contribution in [0.25, 0.3) is 0 Å². The Kier molecular flexibility index (Phi) is 5.35. The van der Waals surface area contributed by atoms with E-state index in [1.165, 1.54) is 25.8 Å². The molecule has 0 N–H and O–H groups in total. The first-order chi connectivity index (χ1) is 9.70. The number of benzene rings is 1. The fourth-order valence-corrected chi connectivity index (χ4v) is 2.62. The zero-order valence-corrected chi connectivity index (χ0v) is 12.1. The minimum atomic E-state index is -0.329. The summed E-state index contributed by atoms with van der Waals surface area (Å²) < 4.78 is 0. The molecule has 1 aromatic carbocycles. The average Bonchev–Trinajstić information content (AvgIpc) is 2.48. The summed E-state index contributed by atoms with van der Waals surface area (Å²) in [5, 5.41) is 10.8. The molecular formula is C15H23N3O2. The number of anilines is 1. The molecule has 1 fully saturated rings. The smallest absolute Gasteiger partial charge is 0.271 e. The van der Waals surface area contributed by atoms with Crippen LogP contribution in [0.2, 0.25) is 0 Å². The molecule has 5 heteroatoms. The molecular weight excluding hydrogens is 254 g/mol. The Labute approximate surface area is 120 Å². The van der Waals surface area contributed by atoms with Crippen LogP contribution < -0.4 is 4.90 Å². The third kappa shape index (κ3) is 3.93. The first-order valence-corrected chi connectivity index (χ1v) is 7.42. The van der Waals surface area contributed by atoms with Gasteiger partial charge in [-0.25, -0.2) is 0 Å². The van der Waals surface area contributed by atoms with Crippen LogP contribution in [0.15, 0.2) is 24.3 Å². The highest BCUT2D eigenvalue weighted by Crippen LogP contribution is 2.22. The lowest BCUT2D eigenvalue weighted by atomic mass is 10.2. The van der Waals surface area contributed by atoms with E-state index >= 15 is 0 Å². The van der Waals surface area contributed by atoms with Gasteiger partial charge < -0.3 is 4.90 Å². The lowest BCUT2D eigenvalue weighted by molar-refractivity contribution is -0.384. The van der Waals surface area contributed by atoms with E-state index in [9.17, 15) is 10.1 Å². The van der Waals surface area contributed by atoms with E-state index in [4.69, 9.17) is 0 Å². The quantitative estimate of drug-likeness (QED) is 0.456. The highest BCUT2D eigenvalue weighted by Gasteiger charge is 2.18. The van der Waals surface area contributed by atoms with E-state index in [1.807, 2.05) is 6.07 Å². The molecule has 0 atom stereocenters. The third-order valence-electron chi connectivity index (χ3n) is 3.86. The maximum Gasteiger partial charge on any atom is 0.271 e. The molecule has 0 saturated carbocycles. The second kappa shape index (κ2) is 7.24. The van der Waals surface area contributed by atoms with Gasteiger partial charge in [0.05, 0.1) is 4.92 Å². The zero-order valence-electron chi connectivity index (χ0n) is 12.1. The number of rotatable bonds is 6. The normalized spacial score (nSPS) is 16.4. The van der Waals surface area contributed by atoms with Crippen molar-refractivity contribution in [2.45, 2.75) is 26.2 Å². The van der Waals surface area contributed by atoms with E-state index in [0.717, 1.165) is 31.9 Å². The fourth-order valence-electron chi connectivity index (χ4n) is 2.62. The number of nitrogens with zero attached hydrogens (tertiary/aromatic N) is 3. The molecule has 0 spiro atoms. The third-order valence-corrected chi connectivity index (χ3v) is 3.86. The van der Waals surface area contributed by atoms with Gasteiger partial charge in [0.25, 0.3) is 5.69 Å². The molecule has 0 bridgehead atoms. The largest absolute Gasteiger partial charge is 0.369 e. The van der Waals surface area contributed by atoms with Gasteiger partial charge in [0.2, 0.25) is 0 Å². The molecule has 110 valence electrons. The van der Waals surface area contributed by atoms with Crippen molar-refractivity contribution in [3.05, 3.63) is 34.4 Å². The van der Waals surface area contributed by atoms with Gasteiger partial charge in [-0.15, -0.1) is 0 Å². The number of piperazine rings is 1. The summed E-state index contributed by atoms with van der Waals surface area (Å²) in [6, 6.07) is 6.94. The highest BCUT2D eigenvalue weighted by molar-refractivity contribution is 5.53. The minimum absolute atomic E-state index is 0.174. The number of hydrogen-bond donors (Lipinski definition) is 0. The molecule has 20 heavy (non-hydrogen) atoms. The maximum atomic E-state index is 10.8. The molecule has 1 heterocycles. The van der Waals surface area contributed by atoms with Crippen molar-refractivity contribution in [3.63, 3.8) is 0 Å². The van der Waals surface area contributed by atoms with Crippen molar-refractivity contribution in [2.75, 3.05) is 37.6 Å². The molecule has 0 radical (unpaired) electrons. The first kappa shape index (κ1) is 14.8. The van der Waals surface area contributed by atoms with Crippen molar-refractivity contribution in [3.8, 4) is 0 Å². The summed E-state index contributed by atoms with van der Waals surface area (Å²) in [5.74, 6) is 0. The second-order valence-corrected chi connectivity index (χ2v) is 5.31. The summed E-state index contributed by atoms with van der Waals surface area (Å²) in [6.07, 6.45) is 3.83. The van der Waals surface area contributed by atoms with Crippen LogP contribution >= 0.6 is 0 Å². The topological polar surface area (TPSA) is 49.6 Å². The second-order valence-electron chi connectivity index (χ2n) is 5.31. The molecule has 1 aliphatic heterocycles. The van der Waals surface area contributed by atoms with E-state index in [-0.39, 0.29) is 10.6 Å². The van der Waals surface area contributed by atoms with Crippen molar-refractivity contribution in [1.29, 1.82) is 0 Å². The Morgan fingerprint density at radius 1 is 1.20 bits per heavy atom. The van der Waals surface area contributed by atoms with Gasteiger partial charge >= 0.3 is 0 Å². The molecule has 0 aliphatic carbocycles. The molecule has 5 nitrogen and oxygen atoms in total. The maximum absolute atomic E-state index is 10.8. The van der Waals surface area contributed by atoms with Crippen LogP contribution in [0.3, 0.4) is 0 Å². The van der Waals surface area contributed by atoms with Gasteiger partial charge in [0.15, 0.2) is 0 Å². The number of nitro benzene ring substituents is 1. The Bertz CT molecular complexity index is 442. The van der Waals surface area contributed by atoms with E-state index in [2.05, 4.69) is 16.7 Å². The Morgan fingerprint density at radius 2 is 1.95 bits per heavy atom. The molecule has 0 amide bonds. The molecule has 1 saturated heterocycles. The van der Waals surface area contributed by atoms with Crippen LogP contribution in [0.1, 0.15) is 26.2 Å². The van der Waals surface area contributed by atoms with Gasteiger partial charge in [0.1, 0.15) is 0 Å². The first-order valence-electron chi connectivity index (χ1n) is 7.42. The lowest BCUT2D eigenvalue weighted by Crippen LogP contribution is -2.46. The summed E-state index contributed by atoms with van der Waals surface area (Å²) in [6.45, 7) is 7.40. The molecule has 1 aromatic rings. The summed E-state index contributed by atoms with van der Waals surface area (Å²) >= 11 is 0. The zero-order chi connectivity index (χ0) is 14.4. The van der Waals surface area contributed by atoms with Crippen LogP contribution in [0, 0.1) is 10.1 Å². The number of unbranched alkanes of at least 4 members (excludes halogenated alkanes) is 2. The standard InChI is InChI=1S/C15H23N3O2/c1-2-3-4-8-16-9-11-17(12-10-16)14-6-5-7-15(13-14)18(19)20/h5-7,13H,2-4,8-12H2,1H3. The van der Waals surface area contributed by atoms with E-state index in [0.29, 0.717) is 0 Å². The number of nitro groups is 1. The van der Waals surface area contributed by atoms with Crippen LogP contribution in [0.5, 0.6) is 0 Å². The Hall–Kier alpha value is -1.62. The van der Waals surface area contributed by atoms with Gasteiger partial charge in [-0.2, -0.15) is 0 Å². The molecule has 2 rings (SSSR count). The summed E-state index contributed by atoms with van der Waals surface area (Å²) in [5.41, 5.74) is 1.14. The van der Waals surface area contributed by atoms with Gasteiger partial charge in [-0.05, 0) is 19.0 Å². The minimum Gasteiger partial charge on any atom is -0.369 e. The molecule has 0 unspecified atom stereocenters. The lowest BCUT2D eigenvalue weighted by Gasteiger charge is -2.36. The predicted octanol–water partition coefficient (Wildman–Crippen LogP) is 2.91. The molecule has 0 aromatic heterocycles. The van der Waals surface area contributed by atoms with Crippen molar-refractivity contribution in [1.82, 2.24) is 4.90 Å². The van der Waals surface area contributed by atoms with Gasteiger partial charge in [-0.3, -0.25) is 15.0 Å². The van der Waals surface area contributed by atoms with Crippen molar-refractivity contribution in [2.24, 2.45) is 0 Å². The van der Waals surface area contributed by atoms with Crippen LogP contribution in [0.4, 0.5) is 11.4 Å². The monoisotopic (exact) mass is 277 g/mol. The number of hydrogen-bond acceptors (Lipinski definition) is 4. The van der Waals surface area contributed by atoms with Crippen molar-refractivity contribution < 1.29 is 4.92 Å². The Balaban J connectivity index is 1.87. The van der Waals surface area contributed by atoms with Crippen LogP contribution in [-0.2, 0) is 0 Å². The van der Waals surface area contributed by atoms with Gasteiger partial charge in [0, 0.05) is 44.0 Å². The van der Waals surface area contributed by atoms with Gasteiger partial charge in [-0.1, -0.05) is 25.8 Å². The SMILES string of the molecule is CCCCCN1CCN(c2cccc([N+](=O)[O-])c2)CC1. The van der Waals surface area contributed by atoms with E-state index < -0.39 is 0 Å². The molecule has 1 aliphatic rings. The van der Waals surface area contributed by atoms with Crippen LogP contribution in [-0.4, -0.2) is 42.5 Å². The van der Waals surface area contributed by atoms with E-state index in [1.54, 1.807) is 18.2 Å². The number of non-ortho nitro benzene ring substituents is 1.